The van der Waals surface area contributed by atoms with Gasteiger partial charge in [-0.2, -0.15) is 0 Å². The number of aliphatic hydroxyl groups is 1. The lowest BCUT2D eigenvalue weighted by atomic mass is 9.86. The van der Waals surface area contributed by atoms with Crippen molar-refractivity contribution in [2.45, 2.75) is 36.9 Å². The lowest BCUT2D eigenvalue weighted by Gasteiger charge is -2.37. The summed E-state index contributed by atoms with van der Waals surface area (Å²) in [6.07, 6.45) is -3.00. The molecule has 4 unspecified atom stereocenters. The SMILES string of the molecule is NO[C@H]1C(O)CC(N)C(F)C1N. The van der Waals surface area contributed by atoms with Crippen molar-refractivity contribution in [2.24, 2.45) is 17.4 Å². The van der Waals surface area contributed by atoms with Crippen LogP contribution in [0.4, 0.5) is 4.39 Å². The summed E-state index contributed by atoms with van der Waals surface area (Å²) in [5, 5.41) is 9.30. The number of nitrogens with two attached hydrogens (primary N) is 3. The van der Waals surface area contributed by atoms with Crippen LogP contribution < -0.4 is 17.4 Å². The number of halogens is 1. The smallest absolute Gasteiger partial charge is 0.133 e. The highest BCUT2D eigenvalue weighted by Gasteiger charge is 2.42. The average molecular weight is 179 g/mol. The van der Waals surface area contributed by atoms with Crippen LogP contribution in [0.25, 0.3) is 0 Å². The molecule has 1 saturated carbocycles. The first-order valence-electron chi connectivity index (χ1n) is 3.76. The molecule has 1 fully saturated rings. The van der Waals surface area contributed by atoms with Crippen LogP contribution >= 0.6 is 0 Å². The molecule has 7 N–H and O–H groups in total. The Balaban J connectivity index is 2.65. The Hall–Kier alpha value is -0.270. The topological polar surface area (TPSA) is 108 Å². The third kappa shape index (κ3) is 1.57. The Kier molecular flexibility index (Phi) is 2.97. The molecule has 0 radical (unpaired) electrons. The molecule has 6 heteroatoms. The van der Waals surface area contributed by atoms with Crippen molar-refractivity contribution in [1.82, 2.24) is 0 Å². The second kappa shape index (κ2) is 3.63. The minimum absolute atomic E-state index is 0.122. The first-order chi connectivity index (χ1) is 5.57. The Labute approximate surface area is 69.6 Å². The third-order valence-electron chi connectivity index (χ3n) is 2.21. The molecule has 12 heavy (non-hydrogen) atoms. The van der Waals surface area contributed by atoms with Gasteiger partial charge in [0.25, 0.3) is 0 Å². The highest BCUT2D eigenvalue weighted by Crippen LogP contribution is 2.21. The first kappa shape index (κ1) is 9.82. The summed E-state index contributed by atoms with van der Waals surface area (Å²) < 4.78 is 13.1. The van der Waals surface area contributed by atoms with E-state index in [1.165, 1.54) is 0 Å². The predicted octanol–water partition coefficient (Wildman–Crippen LogP) is -2.00. The normalized spacial score (nSPS) is 49.2. The van der Waals surface area contributed by atoms with Crippen molar-refractivity contribution < 1.29 is 14.3 Å². The van der Waals surface area contributed by atoms with Gasteiger partial charge in [-0.05, 0) is 6.42 Å². The van der Waals surface area contributed by atoms with Gasteiger partial charge in [-0.3, -0.25) is 4.84 Å². The third-order valence-corrected chi connectivity index (χ3v) is 2.21. The minimum atomic E-state index is -1.37. The molecule has 0 aromatic rings. The Morgan fingerprint density at radius 2 is 2.00 bits per heavy atom. The van der Waals surface area contributed by atoms with Gasteiger partial charge < -0.3 is 16.6 Å². The average Bonchev–Trinajstić information content (AvgIpc) is 2.01. The van der Waals surface area contributed by atoms with E-state index >= 15 is 0 Å². The van der Waals surface area contributed by atoms with E-state index in [4.69, 9.17) is 17.4 Å². The summed E-state index contributed by atoms with van der Waals surface area (Å²) in [4.78, 5) is 4.36. The van der Waals surface area contributed by atoms with E-state index in [-0.39, 0.29) is 6.42 Å². The van der Waals surface area contributed by atoms with Crippen molar-refractivity contribution in [3.8, 4) is 0 Å². The fourth-order valence-corrected chi connectivity index (χ4v) is 1.45. The summed E-state index contributed by atoms with van der Waals surface area (Å²) in [5.41, 5.74) is 10.8. The van der Waals surface area contributed by atoms with Crippen LogP contribution in [-0.2, 0) is 4.84 Å². The summed E-state index contributed by atoms with van der Waals surface area (Å²) in [6, 6.07) is -1.69. The van der Waals surface area contributed by atoms with E-state index in [0.29, 0.717) is 0 Å². The van der Waals surface area contributed by atoms with Crippen molar-refractivity contribution in [3.05, 3.63) is 0 Å². The van der Waals surface area contributed by atoms with Gasteiger partial charge >= 0.3 is 0 Å². The van der Waals surface area contributed by atoms with E-state index in [1.54, 1.807) is 0 Å². The molecule has 0 spiro atoms. The number of aliphatic hydroxyl groups excluding tert-OH is 1. The zero-order valence-corrected chi connectivity index (χ0v) is 6.56. The van der Waals surface area contributed by atoms with Crippen molar-refractivity contribution in [1.29, 1.82) is 0 Å². The Morgan fingerprint density at radius 1 is 1.42 bits per heavy atom. The molecule has 5 nitrogen and oxygen atoms in total. The van der Waals surface area contributed by atoms with Gasteiger partial charge in [-0.25, -0.2) is 10.3 Å². The molecule has 1 rings (SSSR count). The standard InChI is InChI=1S/C6H14FN3O2/c7-4-2(8)1-3(11)6(12-10)5(4)9/h2-6,11H,1,8-10H2/t2?,3?,4?,5?,6-/m0/s1. The molecule has 0 aliphatic heterocycles. The quantitative estimate of drug-likeness (QED) is 0.348. The molecule has 0 bridgehead atoms. The summed E-state index contributed by atoms with van der Waals surface area (Å²) in [6.45, 7) is 0. The van der Waals surface area contributed by atoms with E-state index in [2.05, 4.69) is 4.84 Å². The molecule has 0 amide bonds. The van der Waals surface area contributed by atoms with Crippen LogP contribution in [0.2, 0.25) is 0 Å². The number of alkyl halides is 1. The maximum Gasteiger partial charge on any atom is 0.133 e. The molecular weight excluding hydrogens is 165 g/mol. The molecular formula is C6H14FN3O2. The van der Waals surface area contributed by atoms with E-state index in [1.807, 2.05) is 0 Å². The maximum atomic E-state index is 13.1. The van der Waals surface area contributed by atoms with Gasteiger partial charge in [-0.1, -0.05) is 0 Å². The van der Waals surface area contributed by atoms with Gasteiger partial charge in [0.1, 0.15) is 12.3 Å². The van der Waals surface area contributed by atoms with Crippen LogP contribution in [0.1, 0.15) is 6.42 Å². The fraction of sp³-hybridized carbons (Fsp3) is 1.00. The molecule has 72 valence electrons. The van der Waals surface area contributed by atoms with E-state index < -0.39 is 30.5 Å². The van der Waals surface area contributed by atoms with Crippen LogP contribution in [-0.4, -0.2) is 35.6 Å². The lowest BCUT2D eigenvalue weighted by molar-refractivity contribution is -0.0938. The van der Waals surface area contributed by atoms with Gasteiger partial charge in [0.05, 0.1) is 12.1 Å². The summed E-state index contributed by atoms with van der Waals surface area (Å²) in [5.74, 6) is 4.84. The molecule has 0 aromatic carbocycles. The molecule has 1 aliphatic rings. The minimum Gasteiger partial charge on any atom is -0.390 e. The van der Waals surface area contributed by atoms with Gasteiger partial charge in [-0.15, -0.1) is 0 Å². The maximum absolute atomic E-state index is 13.1. The molecule has 0 heterocycles. The summed E-state index contributed by atoms with van der Waals surface area (Å²) >= 11 is 0. The molecule has 0 aromatic heterocycles. The number of hydrogen-bond donors (Lipinski definition) is 4. The van der Waals surface area contributed by atoms with Crippen LogP contribution in [0.3, 0.4) is 0 Å². The number of hydrogen-bond acceptors (Lipinski definition) is 5. The van der Waals surface area contributed by atoms with Gasteiger partial charge in [0.2, 0.25) is 0 Å². The van der Waals surface area contributed by atoms with Crippen molar-refractivity contribution >= 4 is 0 Å². The van der Waals surface area contributed by atoms with Crippen molar-refractivity contribution in [3.63, 3.8) is 0 Å². The fourth-order valence-electron chi connectivity index (χ4n) is 1.45. The molecule has 5 atom stereocenters. The van der Waals surface area contributed by atoms with Gasteiger partial charge in [0, 0.05) is 6.04 Å². The zero-order chi connectivity index (χ0) is 9.30. The highest BCUT2D eigenvalue weighted by atomic mass is 19.1. The largest absolute Gasteiger partial charge is 0.390 e. The van der Waals surface area contributed by atoms with Crippen LogP contribution in [0.15, 0.2) is 0 Å². The lowest BCUT2D eigenvalue weighted by Crippen LogP contribution is -2.62. The van der Waals surface area contributed by atoms with Crippen LogP contribution in [0, 0.1) is 0 Å². The second-order valence-electron chi connectivity index (χ2n) is 3.09. The summed E-state index contributed by atoms with van der Waals surface area (Å²) in [7, 11) is 0. The zero-order valence-electron chi connectivity index (χ0n) is 6.56. The van der Waals surface area contributed by atoms with E-state index in [9.17, 15) is 9.50 Å². The van der Waals surface area contributed by atoms with E-state index in [0.717, 1.165) is 0 Å². The number of rotatable bonds is 1. The highest BCUT2D eigenvalue weighted by molar-refractivity contribution is 4.97. The second-order valence-corrected chi connectivity index (χ2v) is 3.09. The van der Waals surface area contributed by atoms with Crippen molar-refractivity contribution in [2.75, 3.05) is 0 Å². The molecule has 0 saturated heterocycles. The Bertz CT molecular complexity index is 160. The monoisotopic (exact) mass is 179 g/mol. The predicted molar refractivity (Wildman–Crippen MR) is 40.5 cm³/mol. The van der Waals surface area contributed by atoms with Gasteiger partial charge in [0.15, 0.2) is 0 Å². The first-order valence-corrected chi connectivity index (χ1v) is 3.76. The molecule has 1 aliphatic carbocycles. The van der Waals surface area contributed by atoms with Crippen LogP contribution in [0.5, 0.6) is 0 Å². The Morgan fingerprint density at radius 3 is 2.50 bits per heavy atom.